The monoisotopic (exact) mass is 258 g/mol. The fourth-order valence-corrected chi connectivity index (χ4v) is 2.47. The van der Waals surface area contributed by atoms with E-state index in [0.717, 1.165) is 41.0 Å². The van der Waals surface area contributed by atoms with Crippen LogP contribution in [0.2, 0.25) is 0 Å². The summed E-state index contributed by atoms with van der Waals surface area (Å²) in [4.78, 5) is 20.2. The highest BCUT2D eigenvalue weighted by atomic mass is 16.5. The maximum atomic E-state index is 11.8. The Hall–Kier alpha value is -2.17. The average Bonchev–Trinajstić information content (AvgIpc) is 2.77. The Morgan fingerprint density at radius 1 is 1.47 bits per heavy atom. The molecule has 19 heavy (non-hydrogen) atoms. The molecule has 3 rings (SSSR count). The molecule has 1 aliphatic rings. The quantitative estimate of drug-likeness (QED) is 0.773. The first-order valence-corrected chi connectivity index (χ1v) is 6.31. The molecule has 0 aliphatic heterocycles. The summed E-state index contributed by atoms with van der Waals surface area (Å²) in [6, 6.07) is 0. The molecule has 5 heteroatoms. The Labute approximate surface area is 110 Å². The summed E-state index contributed by atoms with van der Waals surface area (Å²) in [7, 11) is 0. The van der Waals surface area contributed by atoms with E-state index in [-0.39, 0.29) is 0 Å². The van der Waals surface area contributed by atoms with E-state index in [1.165, 1.54) is 6.33 Å². The fraction of sp³-hybridized carbons (Fsp3) is 0.357. The lowest BCUT2D eigenvalue weighted by molar-refractivity contribution is 0.0487. The summed E-state index contributed by atoms with van der Waals surface area (Å²) in [5, 5.41) is 0. The minimum Gasteiger partial charge on any atom is -0.460 e. The highest BCUT2D eigenvalue weighted by molar-refractivity contribution is 5.91. The van der Waals surface area contributed by atoms with E-state index < -0.39 is 5.97 Å². The van der Waals surface area contributed by atoms with Crippen LogP contribution in [0, 0.1) is 6.92 Å². The molecule has 2 aromatic heterocycles. The third-order valence-electron chi connectivity index (χ3n) is 3.33. The van der Waals surface area contributed by atoms with Gasteiger partial charge in [-0.25, -0.2) is 14.8 Å². The lowest BCUT2D eigenvalue weighted by Gasteiger charge is -2.13. The first-order chi connectivity index (χ1) is 9.22. The number of hydrogen-bond donors (Lipinski definition) is 0. The normalized spacial score (nSPS) is 12.7. The van der Waals surface area contributed by atoms with Gasteiger partial charge in [0.15, 0.2) is 0 Å². The van der Waals surface area contributed by atoms with Crippen molar-refractivity contribution in [2.24, 2.45) is 0 Å². The van der Waals surface area contributed by atoms with Gasteiger partial charge in [0.25, 0.3) is 0 Å². The first-order valence-electron chi connectivity index (χ1n) is 6.31. The van der Waals surface area contributed by atoms with Gasteiger partial charge in [-0.3, -0.25) is 0 Å². The second kappa shape index (κ2) is 4.50. The number of nitrogens with zero attached hydrogens (tertiary/aromatic N) is 2. The molecule has 5 nitrogen and oxygen atoms in total. The van der Waals surface area contributed by atoms with Crippen LogP contribution in [0.5, 0.6) is 0 Å². The van der Waals surface area contributed by atoms with Gasteiger partial charge >= 0.3 is 5.97 Å². The zero-order valence-electron chi connectivity index (χ0n) is 10.9. The number of esters is 1. The third-order valence-corrected chi connectivity index (χ3v) is 3.33. The molecule has 98 valence electrons. The van der Waals surface area contributed by atoms with Crippen LogP contribution in [0.15, 0.2) is 16.9 Å². The number of aromatic nitrogens is 2. The predicted molar refractivity (Wildman–Crippen MR) is 67.8 cm³/mol. The first kappa shape index (κ1) is 11.9. The smallest absolute Gasteiger partial charge is 0.374 e. The zero-order valence-corrected chi connectivity index (χ0v) is 10.9. The predicted octanol–water partition coefficient (Wildman–Crippen LogP) is 2.32. The summed E-state index contributed by atoms with van der Waals surface area (Å²) >= 11 is 0. The Morgan fingerprint density at radius 2 is 2.32 bits per heavy atom. The molecule has 0 aromatic carbocycles. The number of hydrogen-bond acceptors (Lipinski definition) is 5. The molecule has 2 aromatic rings. The second-order valence-electron chi connectivity index (χ2n) is 4.47. The Morgan fingerprint density at radius 3 is 3.11 bits per heavy atom. The van der Waals surface area contributed by atoms with Crippen LogP contribution < -0.4 is 0 Å². The van der Waals surface area contributed by atoms with Gasteiger partial charge in [0.05, 0.1) is 12.3 Å². The van der Waals surface area contributed by atoms with Crippen LogP contribution in [0.4, 0.5) is 0 Å². The Kier molecular flexibility index (Phi) is 2.81. The van der Waals surface area contributed by atoms with Gasteiger partial charge in [-0.2, -0.15) is 0 Å². The number of rotatable bonds is 2. The van der Waals surface area contributed by atoms with Gasteiger partial charge in [0.1, 0.15) is 12.1 Å². The van der Waals surface area contributed by atoms with E-state index in [0.29, 0.717) is 12.4 Å². The minimum atomic E-state index is -0.412. The molecule has 0 unspecified atom stereocenters. The highest BCUT2D eigenvalue weighted by Crippen LogP contribution is 2.37. The summed E-state index contributed by atoms with van der Waals surface area (Å²) in [6.07, 6.45) is 4.93. The molecule has 0 N–H and O–H groups in total. The molecule has 0 bridgehead atoms. The molecular weight excluding hydrogens is 244 g/mol. The number of ether oxygens (including phenoxy) is 1. The number of fused-ring (bicyclic) bond motifs is 3. The lowest BCUT2D eigenvalue weighted by atomic mass is 9.93. The average molecular weight is 258 g/mol. The van der Waals surface area contributed by atoms with E-state index in [9.17, 15) is 4.79 Å². The largest absolute Gasteiger partial charge is 0.460 e. The van der Waals surface area contributed by atoms with Gasteiger partial charge < -0.3 is 9.15 Å². The van der Waals surface area contributed by atoms with E-state index in [1.807, 2.05) is 13.1 Å². The number of carbonyl (C=O) groups excluding carboxylic acids is 1. The molecule has 0 saturated carbocycles. The highest BCUT2D eigenvalue weighted by Gasteiger charge is 2.28. The molecule has 1 aliphatic carbocycles. The molecule has 2 heterocycles. The van der Waals surface area contributed by atoms with E-state index >= 15 is 0 Å². The third kappa shape index (κ3) is 1.82. The molecular formula is C14H14N2O3. The van der Waals surface area contributed by atoms with Crippen molar-refractivity contribution in [1.82, 2.24) is 9.97 Å². The number of furan rings is 1. The maximum Gasteiger partial charge on any atom is 0.374 e. The van der Waals surface area contributed by atoms with Crippen LogP contribution in [0.3, 0.4) is 0 Å². The van der Waals surface area contributed by atoms with Gasteiger partial charge in [0, 0.05) is 23.7 Å². The van der Waals surface area contributed by atoms with Crippen molar-refractivity contribution >= 4 is 5.97 Å². The summed E-state index contributed by atoms with van der Waals surface area (Å²) < 4.78 is 10.7. The van der Waals surface area contributed by atoms with Crippen molar-refractivity contribution in [2.45, 2.75) is 26.7 Å². The molecule has 0 atom stereocenters. The topological polar surface area (TPSA) is 65.2 Å². The van der Waals surface area contributed by atoms with Crippen molar-refractivity contribution in [3.63, 3.8) is 0 Å². The number of carbonyl (C=O) groups is 1. The van der Waals surface area contributed by atoms with Crippen LogP contribution in [0.1, 0.15) is 34.4 Å². The van der Waals surface area contributed by atoms with Crippen molar-refractivity contribution in [1.29, 1.82) is 0 Å². The van der Waals surface area contributed by atoms with Crippen LogP contribution in [0.25, 0.3) is 11.3 Å². The van der Waals surface area contributed by atoms with Crippen molar-refractivity contribution in [3.05, 3.63) is 35.2 Å². The summed E-state index contributed by atoms with van der Waals surface area (Å²) in [5.41, 5.74) is 3.68. The molecule has 0 amide bonds. The van der Waals surface area contributed by atoms with Crippen molar-refractivity contribution < 1.29 is 13.9 Å². The van der Waals surface area contributed by atoms with Gasteiger partial charge in [-0.1, -0.05) is 0 Å². The molecule has 0 spiro atoms. The summed E-state index contributed by atoms with van der Waals surface area (Å²) in [5.74, 6) is 0.690. The van der Waals surface area contributed by atoms with Crippen molar-refractivity contribution in [2.75, 3.05) is 6.61 Å². The second-order valence-corrected chi connectivity index (χ2v) is 4.47. The Balaban J connectivity index is 2.13. The zero-order chi connectivity index (χ0) is 13.4. The Bertz CT molecular complexity index is 646. The van der Waals surface area contributed by atoms with Crippen LogP contribution in [-0.4, -0.2) is 22.5 Å². The number of aryl methyl sites for hydroxylation is 2. The lowest BCUT2D eigenvalue weighted by Crippen LogP contribution is -2.05. The molecule has 0 radical (unpaired) electrons. The summed E-state index contributed by atoms with van der Waals surface area (Å²) in [6.45, 7) is 3.98. The van der Waals surface area contributed by atoms with Gasteiger partial charge in [-0.05, 0) is 25.8 Å². The van der Waals surface area contributed by atoms with Crippen molar-refractivity contribution in [3.8, 4) is 11.3 Å². The van der Waals surface area contributed by atoms with Crippen LogP contribution >= 0.6 is 0 Å². The van der Waals surface area contributed by atoms with Gasteiger partial charge in [-0.15, -0.1) is 0 Å². The standard InChI is InChI=1S/C14H14N2O3/c1-3-18-14(17)13-8(2)11-10(19-13)5-4-9-6-15-7-16-12(9)11/h6-7H,3-5H2,1-2H3. The van der Waals surface area contributed by atoms with E-state index in [1.54, 1.807) is 6.92 Å². The van der Waals surface area contributed by atoms with Gasteiger partial charge in [0.2, 0.25) is 5.76 Å². The maximum absolute atomic E-state index is 11.8. The fourth-order valence-electron chi connectivity index (χ4n) is 2.47. The van der Waals surface area contributed by atoms with Crippen LogP contribution in [-0.2, 0) is 17.6 Å². The van der Waals surface area contributed by atoms with E-state index in [2.05, 4.69) is 9.97 Å². The minimum absolute atomic E-state index is 0.290. The molecule has 0 fully saturated rings. The van der Waals surface area contributed by atoms with E-state index in [4.69, 9.17) is 9.15 Å². The SMILES string of the molecule is CCOC(=O)c1oc2c(c1C)-c1ncncc1CC2. The molecule has 0 saturated heterocycles.